The van der Waals surface area contributed by atoms with Crippen molar-refractivity contribution in [2.24, 2.45) is 5.92 Å². The van der Waals surface area contributed by atoms with Gasteiger partial charge < -0.3 is 15.2 Å². The van der Waals surface area contributed by atoms with Gasteiger partial charge in [-0.1, -0.05) is 24.3 Å². The molecule has 1 amide bonds. The number of hydrogen-bond acceptors (Lipinski definition) is 3. The van der Waals surface area contributed by atoms with Crippen molar-refractivity contribution in [3.63, 3.8) is 0 Å². The van der Waals surface area contributed by atoms with E-state index in [0.717, 1.165) is 11.1 Å². The lowest BCUT2D eigenvalue weighted by Crippen LogP contribution is -2.27. The van der Waals surface area contributed by atoms with E-state index in [1.807, 2.05) is 24.3 Å². The molecule has 0 atom stereocenters. The van der Waals surface area contributed by atoms with Gasteiger partial charge in [0.2, 0.25) is 5.91 Å². The van der Waals surface area contributed by atoms with Crippen molar-refractivity contribution < 1.29 is 14.6 Å². The summed E-state index contributed by atoms with van der Waals surface area (Å²) in [4.78, 5) is 11.5. The first-order chi connectivity index (χ1) is 8.79. The lowest BCUT2D eigenvalue weighted by atomic mass is 10.1. The van der Waals surface area contributed by atoms with Crippen LogP contribution in [0.1, 0.15) is 24.0 Å². The highest BCUT2D eigenvalue weighted by molar-refractivity contribution is 5.77. The number of aliphatic hydroxyl groups excluding tert-OH is 1. The highest BCUT2D eigenvalue weighted by Crippen LogP contribution is 2.28. The Hall–Kier alpha value is -1.39. The molecule has 0 unspecified atom stereocenters. The fourth-order valence-corrected chi connectivity index (χ4v) is 1.73. The molecule has 0 aromatic heterocycles. The molecule has 0 spiro atoms. The zero-order chi connectivity index (χ0) is 12.8. The SMILES string of the molecule is O=C(COCC1CC1)NCc1ccccc1CO. The van der Waals surface area contributed by atoms with Crippen molar-refractivity contribution in [1.82, 2.24) is 5.32 Å². The maximum absolute atomic E-state index is 11.5. The number of aliphatic hydroxyl groups is 1. The molecule has 98 valence electrons. The molecule has 0 heterocycles. The van der Waals surface area contributed by atoms with Crippen LogP contribution in [0.15, 0.2) is 24.3 Å². The van der Waals surface area contributed by atoms with E-state index in [1.54, 1.807) is 0 Å². The topological polar surface area (TPSA) is 58.6 Å². The van der Waals surface area contributed by atoms with Gasteiger partial charge in [0.05, 0.1) is 13.2 Å². The molecule has 0 aliphatic heterocycles. The van der Waals surface area contributed by atoms with Gasteiger partial charge in [-0.2, -0.15) is 0 Å². The van der Waals surface area contributed by atoms with Crippen LogP contribution in [0.25, 0.3) is 0 Å². The highest BCUT2D eigenvalue weighted by Gasteiger charge is 2.21. The molecule has 1 aliphatic rings. The lowest BCUT2D eigenvalue weighted by molar-refractivity contribution is -0.126. The van der Waals surface area contributed by atoms with Crippen LogP contribution < -0.4 is 5.32 Å². The first-order valence-electron chi connectivity index (χ1n) is 6.31. The molecule has 1 fully saturated rings. The van der Waals surface area contributed by atoms with Gasteiger partial charge in [0, 0.05) is 6.54 Å². The fraction of sp³-hybridized carbons (Fsp3) is 0.500. The van der Waals surface area contributed by atoms with Gasteiger partial charge >= 0.3 is 0 Å². The Balaban J connectivity index is 1.70. The maximum Gasteiger partial charge on any atom is 0.246 e. The summed E-state index contributed by atoms with van der Waals surface area (Å²) in [6.45, 7) is 1.24. The summed E-state index contributed by atoms with van der Waals surface area (Å²) in [5, 5.41) is 11.9. The second-order valence-corrected chi connectivity index (χ2v) is 4.66. The second-order valence-electron chi connectivity index (χ2n) is 4.66. The number of rotatable bonds is 7. The third kappa shape index (κ3) is 4.13. The van der Waals surface area contributed by atoms with Crippen molar-refractivity contribution in [2.75, 3.05) is 13.2 Å². The molecule has 0 saturated heterocycles. The predicted molar refractivity (Wildman–Crippen MR) is 67.8 cm³/mol. The molecule has 1 aromatic carbocycles. The minimum Gasteiger partial charge on any atom is -0.392 e. The van der Waals surface area contributed by atoms with Crippen molar-refractivity contribution in [3.05, 3.63) is 35.4 Å². The molecule has 2 N–H and O–H groups in total. The summed E-state index contributed by atoms with van der Waals surface area (Å²) in [5.74, 6) is 0.566. The number of nitrogens with one attached hydrogen (secondary N) is 1. The van der Waals surface area contributed by atoms with Crippen molar-refractivity contribution in [1.29, 1.82) is 0 Å². The van der Waals surface area contributed by atoms with E-state index in [4.69, 9.17) is 9.84 Å². The van der Waals surface area contributed by atoms with Gasteiger partial charge in [-0.15, -0.1) is 0 Å². The molecule has 4 nitrogen and oxygen atoms in total. The minimum atomic E-state index is -0.108. The number of amides is 1. The van der Waals surface area contributed by atoms with E-state index in [9.17, 15) is 4.79 Å². The Bertz CT molecular complexity index is 402. The second kappa shape index (κ2) is 6.52. The summed E-state index contributed by atoms with van der Waals surface area (Å²) < 4.78 is 5.30. The molecule has 18 heavy (non-hydrogen) atoms. The van der Waals surface area contributed by atoms with E-state index < -0.39 is 0 Å². The van der Waals surface area contributed by atoms with Crippen molar-refractivity contribution in [3.8, 4) is 0 Å². The number of carbonyl (C=O) groups excluding carboxylic acids is 1. The van der Waals surface area contributed by atoms with E-state index in [2.05, 4.69) is 5.32 Å². The monoisotopic (exact) mass is 249 g/mol. The van der Waals surface area contributed by atoms with Gasteiger partial charge in [0.25, 0.3) is 0 Å². The van der Waals surface area contributed by atoms with Crippen LogP contribution in [-0.4, -0.2) is 24.2 Å². The third-order valence-corrected chi connectivity index (χ3v) is 3.05. The number of ether oxygens (including phenoxy) is 1. The maximum atomic E-state index is 11.5. The average Bonchev–Trinajstić information content (AvgIpc) is 3.21. The van der Waals surface area contributed by atoms with Crippen LogP contribution in [0, 0.1) is 5.92 Å². The Kier molecular flexibility index (Phi) is 4.73. The Morgan fingerprint density at radius 3 is 2.72 bits per heavy atom. The highest BCUT2D eigenvalue weighted by atomic mass is 16.5. The Morgan fingerprint density at radius 1 is 1.33 bits per heavy atom. The van der Waals surface area contributed by atoms with E-state index >= 15 is 0 Å². The molecular weight excluding hydrogens is 230 g/mol. The van der Waals surface area contributed by atoms with Crippen LogP contribution in [0.4, 0.5) is 0 Å². The van der Waals surface area contributed by atoms with Crippen molar-refractivity contribution >= 4 is 5.91 Å². The molecule has 4 heteroatoms. The van der Waals surface area contributed by atoms with Gasteiger partial charge in [-0.3, -0.25) is 4.79 Å². The number of carbonyl (C=O) groups is 1. The molecule has 1 aliphatic carbocycles. The molecule has 2 rings (SSSR count). The number of hydrogen-bond donors (Lipinski definition) is 2. The third-order valence-electron chi connectivity index (χ3n) is 3.05. The van der Waals surface area contributed by atoms with Gasteiger partial charge in [0.1, 0.15) is 6.61 Å². The zero-order valence-electron chi connectivity index (χ0n) is 10.4. The molecule has 0 radical (unpaired) electrons. The zero-order valence-corrected chi connectivity index (χ0v) is 10.4. The lowest BCUT2D eigenvalue weighted by Gasteiger charge is -2.09. The molecule has 0 bridgehead atoms. The van der Waals surface area contributed by atoms with Crippen LogP contribution >= 0.6 is 0 Å². The fourth-order valence-electron chi connectivity index (χ4n) is 1.73. The summed E-state index contributed by atoms with van der Waals surface area (Å²) >= 11 is 0. The standard InChI is InChI=1S/C14H19NO3/c16-8-13-4-2-1-3-12(13)7-15-14(17)10-18-9-11-5-6-11/h1-4,11,16H,5-10H2,(H,15,17). The van der Waals surface area contributed by atoms with Gasteiger partial charge in [-0.05, 0) is 29.9 Å². The Labute approximate surface area is 107 Å². The van der Waals surface area contributed by atoms with E-state index in [1.165, 1.54) is 12.8 Å². The first-order valence-corrected chi connectivity index (χ1v) is 6.31. The van der Waals surface area contributed by atoms with Gasteiger partial charge in [-0.25, -0.2) is 0 Å². The summed E-state index contributed by atoms with van der Waals surface area (Å²) in [6, 6.07) is 7.52. The molecular formula is C14H19NO3. The average molecular weight is 249 g/mol. The largest absolute Gasteiger partial charge is 0.392 e. The quantitative estimate of drug-likeness (QED) is 0.764. The molecule has 1 aromatic rings. The number of benzene rings is 1. The predicted octanol–water partition coefficient (Wildman–Crippen LogP) is 1.22. The van der Waals surface area contributed by atoms with Gasteiger partial charge in [0.15, 0.2) is 0 Å². The van der Waals surface area contributed by atoms with Crippen LogP contribution in [0.3, 0.4) is 0 Å². The van der Waals surface area contributed by atoms with Crippen LogP contribution in [0.2, 0.25) is 0 Å². The Morgan fingerprint density at radius 2 is 2.06 bits per heavy atom. The minimum absolute atomic E-state index is 0.00970. The van der Waals surface area contributed by atoms with E-state index in [-0.39, 0.29) is 19.1 Å². The van der Waals surface area contributed by atoms with Crippen LogP contribution in [-0.2, 0) is 22.7 Å². The summed E-state index contributed by atoms with van der Waals surface area (Å²) in [5.41, 5.74) is 1.78. The summed E-state index contributed by atoms with van der Waals surface area (Å²) in [6.07, 6.45) is 2.46. The summed E-state index contributed by atoms with van der Waals surface area (Å²) in [7, 11) is 0. The first kappa shape index (κ1) is 13.1. The smallest absolute Gasteiger partial charge is 0.246 e. The van der Waals surface area contributed by atoms with E-state index in [0.29, 0.717) is 19.1 Å². The molecule has 1 saturated carbocycles. The van der Waals surface area contributed by atoms with Crippen LogP contribution in [0.5, 0.6) is 0 Å². The normalized spacial score (nSPS) is 14.5. The van der Waals surface area contributed by atoms with Crippen molar-refractivity contribution in [2.45, 2.75) is 26.0 Å².